The molecule has 1 aromatic carbocycles. The number of rotatable bonds is 9. The fourth-order valence-corrected chi connectivity index (χ4v) is 5.68. The van der Waals surface area contributed by atoms with E-state index in [0.29, 0.717) is 61.1 Å². The van der Waals surface area contributed by atoms with E-state index in [-0.39, 0.29) is 36.2 Å². The molecule has 1 N–H and O–H groups in total. The number of fused-ring (bicyclic) bond motifs is 1. The van der Waals surface area contributed by atoms with Crippen LogP contribution in [0.1, 0.15) is 42.3 Å². The first-order chi connectivity index (χ1) is 21.9. The van der Waals surface area contributed by atoms with Crippen molar-refractivity contribution in [1.82, 2.24) is 44.6 Å². The Bertz CT molecular complexity index is 1900. The summed E-state index contributed by atoms with van der Waals surface area (Å²) in [5.74, 6) is 0.390. The fraction of sp³-hybridized carbons (Fsp3) is 0.367. The van der Waals surface area contributed by atoms with Crippen molar-refractivity contribution in [1.29, 1.82) is 5.26 Å². The first-order valence-corrected chi connectivity index (χ1v) is 14.9. The summed E-state index contributed by atoms with van der Waals surface area (Å²) in [6, 6.07) is 8.14. The molecule has 0 unspecified atom stereocenters. The average molecular weight is 633 g/mol. The van der Waals surface area contributed by atoms with E-state index < -0.39 is 11.6 Å². The number of pyridine rings is 1. The maximum Gasteiger partial charge on any atom is 0.254 e. The number of nitrogens with zero attached hydrogens (tertiary/aromatic N) is 9. The van der Waals surface area contributed by atoms with Crippen LogP contribution in [0.2, 0.25) is 5.02 Å². The van der Waals surface area contributed by atoms with Crippen molar-refractivity contribution >= 4 is 22.6 Å². The van der Waals surface area contributed by atoms with Gasteiger partial charge in [0.25, 0.3) is 5.88 Å². The predicted molar refractivity (Wildman–Crippen MR) is 157 cm³/mol. The largest absolute Gasteiger partial charge is 0.472 e. The molecule has 0 amide bonds. The molecule has 45 heavy (non-hydrogen) atoms. The predicted octanol–water partition coefficient (Wildman–Crippen LogP) is 4.23. The molecule has 0 saturated carbocycles. The first kappa shape index (κ1) is 29.1. The number of nitriles is 1. The molecule has 1 atom stereocenters. The van der Waals surface area contributed by atoms with Crippen LogP contribution in [0.5, 0.6) is 5.88 Å². The second-order valence-corrected chi connectivity index (χ2v) is 11.5. The number of likely N-dealkylation sites (tertiary alicyclic amines) is 1. The monoisotopic (exact) mass is 632 g/mol. The molecule has 5 aromatic rings. The number of hydrogen-bond donors (Lipinski definition) is 1. The van der Waals surface area contributed by atoms with Gasteiger partial charge in [-0.05, 0) is 43.0 Å². The minimum Gasteiger partial charge on any atom is -0.472 e. The van der Waals surface area contributed by atoms with Crippen molar-refractivity contribution in [2.45, 2.75) is 51.0 Å². The van der Waals surface area contributed by atoms with E-state index in [0.717, 1.165) is 36.1 Å². The van der Waals surface area contributed by atoms with Crippen LogP contribution in [0, 0.1) is 23.0 Å². The number of imidazole rings is 1. The molecule has 2 fully saturated rings. The molecule has 0 radical (unpaired) electrons. The summed E-state index contributed by atoms with van der Waals surface area (Å²) < 4.78 is 42.7. The SMILES string of the molecule is N#Cc1nnc(-c2cc3nc(CN4CCC(Oc5nc(Cc6ccc(Cl)cc6F)ncc5F)CC4)n(C[C@@H]4CCO4)c3cn2)[nH]1. The van der Waals surface area contributed by atoms with E-state index in [4.69, 9.17) is 31.3 Å². The number of nitrogens with one attached hydrogen (secondary N) is 1. The molecule has 15 heteroatoms. The summed E-state index contributed by atoms with van der Waals surface area (Å²) in [5.41, 5.74) is 2.55. The number of aromatic nitrogens is 8. The second-order valence-electron chi connectivity index (χ2n) is 11.1. The van der Waals surface area contributed by atoms with Gasteiger partial charge >= 0.3 is 0 Å². The van der Waals surface area contributed by atoms with Gasteiger partial charge in [-0.3, -0.25) is 9.88 Å². The number of H-pyrrole nitrogens is 1. The number of aromatic amines is 1. The van der Waals surface area contributed by atoms with Gasteiger partial charge in [-0.15, -0.1) is 10.2 Å². The maximum absolute atomic E-state index is 14.6. The quantitative estimate of drug-likeness (QED) is 0.251. The van der Waals surface area contributed by atoms with Crippen LogP contribution in [0.15, 0.2) is 36.7 Å². The molecule has 0 bridgehead atoms. The van der Waals surface area contributed by atoms with Crippen LogP contribution in [0.3, 0.4) is 0 Å². The molecule has 230 valence electrons. The number of hydrogen-bond acceptors (Lipinski definition) is 10. The van der Waals surface area contributed by atoms with Crippen LogP contribution in [0.25, 0.3) is 22.6 Å². The van der Waals surface area contributed by atoms with E-state index >= 15 is 0 Å². The molecule has 2 aliphatic heterocycles. The highest BCUT2D eigenvalue weighted by Gasteiger charge is 2.27. The van der Waals surface area contributed by atoms with Crippen LogP contribution >= 0.6 is 11.6 Å². The van der Waals surface area contributed by atoms with Gasteiger partial charge in [0.05, 0.1) is 42.6 Å². The lowest BCUT2D eigenvalue weighted by Gasteiger charge is -2.32. The Morgan fingerprint density at radius 3 is 2.64 bits per heavy atom. The topological polar surface area (TPSA) is 144 Å². The lowest BCUT2D eigenvalue weighted by molar-refractivity contribution is -0.0592. The lowest BCUT2D eigenvalue weighted by atomic mass is 10.1. The van der Waals surface area contributed by atoms with Gasteiger partial charge in [-0.1, -0.05) is 17.7 Å². The standard InChI is InChI=1S/C30H27ClF2N10O2/c31-18-2-1-17(21(32)10-18)9-26-36-13-22(33)30(39-26)45-19-3-6-42(7-4-19)16-28-37-23-11-24(29-38-27(12-34)40-41-29)35-14-25(23)43(28)15-20-5-8-44-20/h1-2,10-11,13-14,19-20H,3-9,15-16H2,(H,38,40,41)/t20-/m0/s1. The third-order valence-electron chi connectivity index (χ3n) is 8.03. The Morgan fingerprint density at radius 1 is 1.07 bits per heavy atom. The minimum atomic E-state index is -0.660. The van der Waals surface area contributed by atoms with E-state index in [2.05, 4.69) is 39.6 Å². The third kappa shape index (κ3) is 6.32. The van der Waals surface area contributed by atoms with Crippen molar-refractivity contribution in [2.24, 2.45) is 0 Å². The van der Waals surface area contributed by atoms with Crippen LogP contribution in [-0.2, 0) is 24.2 Å². The van der Waals surface area contributed by atoms with Gasteiger partial charge in [-0.2, -0.15) is 14.6 Å². The molecule has 2 aliphatic rings. The third-order valence-corrected chi connectivity index (χ3v) is 8.27. The van der Waals surface area contributed by atoms with Crippen molar-refractivity contribution in [2.75, 3.05) is 19.7 Å². The fourth-order valence-electron chi connectivity index (χ4n) is 5.52. The Kier molecular flexibility index (Phi) is 8.05. The summed E-state index contributed by atoms with van der Waals surface area (Å²) in [5, 5.41) is 17.2. The maximum atomic E-state index is 14.6. The van der Waals surface area contributed by atoms with Gasteiger partial charge in [0.2, 0.25) is 11.6 Å². The van der Waals surface area contributed by atoms with E-state index in [1.165, 1.54) is 6.07 Å². The number of piperidine rings is 1. The van der Waals surface area contributed by atoms with Gasteiger partial charge in [0, 0.05) is 31.1 Å². The molecule has 7 rings (SSSR count). The summed E-state index contributed by atoms with van der Waals surface area (Å²) in [6.07, 6.45) is 5.10. The number of benzene rings is 1. The van der Waals surface area contributed by atoms with Crippen LogP contribution in [0.4, 0.5) is 8.78 Å². The summed E-state index contributed by atoms with van der Waals surface area (Å²) >= 11 is 5.85. The summed E-state index contributed by atoms with van der Waals surface area (Å²) in [6.45, 7) is 3.44. The molecular weight excluding hydrogens is 606 g/mol. The molecule has 0 spiro atoms. The zero-order valence-electron chi connectivity index (χ0n) is 24.0. The Hall–Kier alpha value is -4.58. The molecule has 4 aromatic heterocycles. The smallest absolute Gasteiger partial charge is 0.254 e. The highest BCUT2D eigenvalue weighted by atomic mass is 35.5. The highest BCUT2D eigenvalue weighted by Crippen LogP contribution is 2.26. The Labute approximate surface area is 261 Å². The van der Waals surface area contributed by atoms with Crippen LogP contribution in [-0.4, -0.2) is 76.5 Å². The molecule has 12 nitrogen and oxygen atoms in total. The number of halogens is 3. The van der Waals surface area contributed by atoms with Gasteiger partial charge < -0.3 is 19.0 Å². The van der Waals surface area contributed by atoms with Gasteiger partial charge in [-0.25, -0.2) is 14.4 Å². The molecular formula is C30H27ClF2N10O2. The van der Waals surface area contributed by atoms with Crippen molar-refractivity contribution in [3.8, 4) is 23.5 Å². The molecule has 6 heterocycles. The van der Waals surface area contributed by atoms with E-state index in [1.54, 1.807) is 18.3 Å². The zero-order chi connectivity index (χ0) is 30.9. The number of ether oxygens (including phenoxy) is 2. The minimum absolute atomic E-state index is 0.0846. The average Bonchev–Trinajstić information content (AvgIpc) is 3.63. The summed E-state index contributed by atoms with van der Waals surface area (Å²) in [7, 11) is 0. The zero-order valence-corrected chi connectivity index (χ0v) is 24.7. The van der Waals surface area contributed by atoms with E-state index in [9.17, 15) is 8.78 Å². The normalized spacial score (nSPS) is 17.3. The van der Waals surface area contributed by atoms with Crippen molar-refractivity contribution < 1.29 is 18.3 Å². The Morgan fingerprint density at radius 2 is 1.91 bits per heavy atom. The molecule has 2 saturated heterocycles. The lowest BCUT2D eigenvalue weighted by Crippen LogP contribution is -2.39. The summed E-state index contributed by atoms with van der Waals surface area (Å²) in [4.78, 5) is 22.9. The van der Waals surface area contributed by atoms with Crippen molar-refractivity contribution in [3.05, 3.63) is 76.4 Å². The van der Waals surface area contributed by atoms with E-state index in [1.807, 2.05) is 12.1 Å². The van der Waals surface area contributed by atoms with Crippen LogP contribution < -0.4 is 4.74 Å². The highest BCUT2D eigenvalue weighted by molar-refractivity contribution is 6.30. The van der Waals surface area contributed by atoms with Gasteiger partial charge in [0.1, 0.15) is 35.3 Å². The first-order valence-electron chi connectivity index (χ1n) is 14.6. The van der Waals surface area contributed by atoms with Gasteiger partial charge in [0.15, 0.2) is 5.82 Å². The second kappa shape index (κ2) is 12.4. The Balaban J connectivity index is 1.03. The van der Waals surface area contributed by atoms with Crippen molar-refractivity contribution in [3.63, 3.8) is 0 Å². The molecule has 0 aliphatic carbocycles.